The third-order valence-corrected chi connectivity index (χ3v) is 2.90. The predicted molar refractivity (Wildman–Crippen MR) is 74.6 cm³/mol. The van der Waals surface area contributed by atoms with Gasteiger partial charge in [-0.3, -0.25) is 4.79 Å². The summed E-state index contributed by atoms with van der Waals surface area (Å²) in [7, 11) is 0. The van der Waals surface area contributed by atoms with Crippen molar-refractivity contribution >= 4 is 5.69 Å². The monoisotopic (exact) mass is 259 g/mol. The molecule has 0 bridgehead atoms. The Morgan fingerprint density at radius 1 is 1.37 bits per heavy atom. The smallest absolute Gasteiger partial charge is 0.311 e. The second kappa shape index (κ2) is 5.14. The number of nitrogens with two attached hydrogens (primary N) is 1. The lowest BCUT2D eigenvalue weighted by atomic mass is 9.99. The second-order valence-electron chi connectivity index (χ2n) is 4.73. The SMILES string of the molecule is Cc1cc(Oc2ncc[nH]c2=O)c(C(C)C)cc1N. The van der Waals surface area contributed by atoms with Gasteiger partial charge in [0.2, 0.25) is 0 Å². The van der Waals surface area contributed by atoms with E-state index in [9.17, 15) is 4.79 Å². The summed E-state index contributed by atoms with van der Waals surface area (Å²) in [5, 5.41) is 0. The lowest BCUT2D eigenvalue weighted by Crippen LogP contribution is -2.10. The lowest BCUT2D eigenvalue weighted by Gasteiger charge is -2.15. The Bertz CT molecular complexity index is 647. The van der Waals surface area contributed by atoms with Gasteiger partial charge in [-0.25, -0.2) is 4.98 Å². The summed E-state index contributed by atoms with van der Waals surface area (Å²) in [6.07, 6.45) is 2.95. The van der Waals surface area contributed by atoms with Crippen LogP contribution in [0.3, 0.4) is 0 Å². The van der Waals surface area contributed by atoms with E-state index in [0.29, 0.717) is 11.4 Å². The zero-order valence-electron chi connectivity index (χ0n) is 11.2. The zero-order valence-corrected chi connectivity index (χ0v) is 11.2. The minimum absolute atomic E-state index is 0.0357. The summed E-state index contributed by atoms with van der Waals surface area (Å²) in [5.41, 5.74) is 8.13. The number of nitrogens with zero attached hydrogens (tertiary/aromatic N) is 1. The molecule has 2 aromatic rings. The summed E-state index contributed by atoms with van der Waals surface area (Å²) >= 11 is 0. The van der Waals surface area contributed by atoms with E-state index in [1.54, 1.807) is 0 Å². The van der Waals surface area contributed by atoms with Gasteiger partial charge >= 0.3 is 5.56 Å². The molecule has 2 rings (SSSR count). The normalized spacial score (nSPS) is 10.7. The maximum Gasteiger partial charge on any atom is 0.311 e. The van der Waals surface area contributed by atoms with Crippen LogP contribution in [0.4, 0.5) is 5.69 Å². The molecule has 3 N–H and O–H groups in total. The highest BCUT2D eigenvalue weighted by atomic mass is 16.5. The van der Waals surface area contributed by atoms with Gasteiger partial charge in [0.05, 0.1) is 0 Å². The quantitative estimate of drug-likeness (QED) is 0.830. The van der Waals surface area contributed by atoms with Crippen LogP contribution in [0, 0.1) is 6.92 Å². The molecule has 0 atom stereocenters. The molecular formula is C14H17N3O2. The maximum absolute atomic E-state index is 11.6. The number of H-pyrrole nitrogens is 1. The average Bonchev–Trinajstić information content (AvgIpc) is 2.36. The Hall–Kier alpha value is -2.30. The van der Waals surface area contributed by atoms with Gasteiger partial charge < -0.3 is 15.5 Å². The van der Waals surface area contributed by atoms with Crippen LogP contribution >= 0.6 is 0 Å². The Morgan fingerprint density at radius 3 is 2.74 bits per heavy atom. The number of ether oxygens (including phenoxy) is 1. The van der Waals surface area contributed by atoms with Crippen molar-refractivity contribution in [2.24, 2.45) is 0 Å². The molecule has 0 amide bonds. The Balaban J connectivity index is 2.48. The molecule has 1 aromatic heterocycles. The lowest BCUT2D eigenvalue weighted by molar-refractivity contribution is 0.446. The molecule has 0 radical (unpaired) electrons. The highest BCUT2D eigenvalue weighted by Gasteiger charge is 2.13. The van der Waals surface area contributed by atoms with Crippen LogP contribution in [-0.4, -0.2) is 9.97 Å². The average molecular weight is 259 g/mol. The number of nitrogen functional groups attached to an aromatic ring is 1. The molecule has 0 unspecified atom stereocenters. The molecule has 5 heteroatoms. The molecule has 0 aliphatic heterocycles. The van der Waals surface area contributed by atoms with Crippen molar-refractivity contribution < 1.29 is 4.74 Å². The molecular weight excluding hydrogens is 242 g/mol. The number of hydrogen-bond acceptors (Lipinski definition) is 4. The van der Waals surface area contributed by atoms with Gasteiger partial charge in [-0.2, -0.15) is 0 Å². The Labute approximate surface area is 111 Å². The molecule has 0 aliphatic carbocycles. The van der Waals surface area contributed by atoms with Crippen LogP contribution in [0.1, 0.15) is 30.9 Å². The highest BCUT2D eigenvalue weighted by molar-refractivity contribution is 5.55. The summed E-state index contributed by atoms with van der Waals surface area (Å²) in [4.78, 5) is 18.0. The minimum Gasteiger partial charge on any atom is -0.434 e. The van der Waals surface area contributed by atoms with E-state index >= 15 is 0 Å². The summed E-state index contributed by atoms with van der Waals surface area (Å²) in [6.45, 7) is 5.98. The summed E-state index contributed by atoms with van der Waals surface area (Å²) < 4.78 is 5.63. The van der Waals surface area contributed by atoms with Gasteiger partial charge in [-0.1, -0.05) is 13.8 Å². The molecule has 1 heterocycles. The van der Waals surface area contributed by atoms with Crippen LogP contribution in [0.2, 0.25) is 0 Å². The standard InChI is InChI=1S/C14H17N3O2/c1-8(2)10-7-11(15)9(3)6-12(10)19-14-13(18)16-4-5-17-14/h4-8H,15H2,1-3H3,(H,16,18). The van der Waals surface area contributed by atoms with Crippen molar-refractivity contribution in [2.45, 2.75) is 26.7 Å². The fraction of sp³-hybridized carbons (Fsp3) is 0.286. The number of anilines is 1. The van der Waals surface area contributed by atoms with Crippen molar-refractivity contribution in [3.05, 3.63) is 46.0 Å². The van der Waals surface area contributed by atoms with E-state index < -0.39 is 0 Å². The molecule has 0 aliphatic rings. The Kier molecular flexibility index (Phi) is 3.55. The molecule has 19 heavy (non-hydrogen) atoms. The largest absolute Gasteiger partial charge is 0.434 e. The van der Waals surface area contributed by atoms with Gasteiger partial charge in [-0.15, -0.1) is 0 Å². The van der Waals surface area contributed by atoms with Crippen molar-refractivity contribution in [3.8, 4) is 11.6 Å². The topological polar surface area (TPSA) is 81.0 Å². The van der Waals surface area contributed by atoms with Crippen LogP contribution < -0.4 is 16.0 Å². The van der Waals surface area contributed by atoms with E-state index in [4.69, 9.17) is 10.5 Å². The van der Waals surface area contributed by atoms with Gasteiger partial charge in [0, 0.05) is 18.1 Å². The summed E-state index contributed by atoms with van der Waals surface area (Å²) in [5.74, 6) is 0.889. The van der Waals surface area contributed by atoms with E-state index in [1.165, 1.54) is 12.4 Å². The van der Waals surface area contributed by atoms with E-state index in [1.807, 2.05) is 32.9 Å². The summed E-state index contributed by atoms with van der Waals surface area (Å²) in [6, 6.07) is 3.71. The first-order valence-electron chi connectivity index (χ1n) is 6.10. The molecule has 5 nitrogen and oxygen atoms in total. The van der Waals surface area contributed by atoms with Crippen LogP contribution in [0.25, 0.3) is 0 Å². The fourth-order valence-electron chi connectivity index (χ4n) is 1.77. The van der Waals surface area contributed by atoms with Crippen molar-refractivity contribution in [2.75, 3.05) is 5.73 Å². The number of benzene rings is 1. The van der Waals surface area contributed by atoms with E-state index in [0.717, 1.165) is 11.1 Å². The number of aromatic nitrogens is 2. The van der Waals surface area contributed by atoms with Gasteiger partial charge in [-0.05, 0) is 36.1 Å². The van der Waals surface area contributed by atoms with E-state index in [2.05, 4.69) is 9.97 Å². The first kappa shape index (κ1) is 13.1. The molecule has 0 saturated carbocycles. The third-order valence-electron chi connectivity index (χ3n) is 2.90. The molecule has 0 spiro atoms. The molecule has 1 aromatic carbocycles. The number of hydrogen-bond donors (Lipinski definition) is 2. The van der Waals surface area contributed by atoms with Gasteiger partial charge in [0.15, 0.2) is 0 Å². The highest BCUT2D eigenvalue weighted by Crippen LogP contribution is 2.32. The first-order valence-corrected chi connectivity index (χ1v) is 6.10. The first-order chi connectivity index (χ1) is 8.99. The zero-order chi connectivity index (χ0) is 14.0. The molecule has 0 saturated heterocycles. The second-order valence-corrected chi connectivity index (χ2v) is 4.73. The maximum atomic E-state index is 11.6. The molecule has 100 valence electrons. The Morgan fingerprint density at radius 2 is 2.11 bits per heavy atom. The van der Waals surface area contributed by atoms with Crippen molar-refractivity contribution in [1.29, 1.82) is 0 Å². The minimum atomic E-state index is -0.355. The van der Waals surface area contributed by atoms with Gasteiger partial charge in [0.1, 0.15) is 5.75 Å². The predicted octanol–water partition coefficient (Wildman–Crippen LogP) is 2.58. The van der Waals surface area contributed by atoms with Crippen molar-refractivity contribution in [1.82, 2.24) is 9.97 Å². The number of aromatic amines is 1. The number of rotatable bonds is 3. The van der Waals surface area contributed by atoms with Crippen LogP contribution in [-0.2, 0) is 0 Å². The number of nitrogens with one attached hydrogen (secondary N) is 1. The fourth-order valence-corrected chi connectivity index (χ4v) is 1.77. The molecule has 0 fully saturated rings. The third kappa shape index (κ3) is 2.76. The van der Waals surface area contributed by atoms with Gasteiger partial charge in [0.25, 0.3) is 5.88 Å². The van der Waals surface area contributed by atoms with Crippen LogP contribution in [0.5, 0.6) is 11.6 Å². The number of aryl methyl sites for hydroxylation is 1. The van der Waals surface area contributed by atoms with E-state index in [-0.39, 0.29) is 17.4 Å². The van der Waals surface area contributed by atoms with Crippen LogP contribution in [0.15, 0.2) is 29.3 Å². The van der Waals surface area contributed by atoms with Crippen molar-refractivity contribution in [3.63, 3.8) is 0 Å².